The van der Waals surface area contributed by atoms with E-state index in [1.165, 1.54) is 6.26 Å². The molecule has 6 N–H and O–H groups in total. The Morgan fingerprint density at radius 2 is 1.08 bits per heavy atom. The quantitative estimate of drug-likeness (QED) is 0.124. The van der Waals surface area contributed by atoms with Gasteiger partial charge in [0.1, 0.15) is 28.8 Å². The van der Waals surface area contributed by atoms with Crippen LogP contribution < -0.4 is 4.74 Å². The van der Waals surface area contributed by atoms with Crippen LogP contribution in [0.15, 0.2) is 81.1 Å². The summed E-state index contributed by atoms with van der Waals surface area (Å²) in [5, 5.41) is 44.0. The Balaban J connectivity index is 1.71. The molecule has 8 bridgehead atoms. The highest BCUT2D eigenvalue weighted by atomic mass is 32.2. The number of carboxylic acids is 1. The zero-order valence-corrected chi connectivity index (χ0v) is 27.9. The molecule has 4 aromatic carbocycles. The minimum atomic E-state index is -4.81. The molecule has 1 aromatic heterocycles. The summed E-state index contributed by atoms with van der Waals surface area (Å²) in [7, 11) is -9.62. The third kappa shape index (κ3) is 7.02. The molecule has 0 spiro atoms. The SMILES string of the molecule is Cc1cc2c(O)c(c1)Cc1cc(S(=O)(=O)O)cc(c1O)Cc1cc(-c3ccco3)cc(c1OCC(=O)O)Cc1cc(S(=O)(=O)O)cc(c1O)C2. The first-order chi connectivity index (χ1) is 23.5. The van der Waals surface area contributed by atoms with E-state index in [9.17, 15) is 51.2 Å². The lowest BCUT2D eigenvalue weighted by molar-refractivity contribution is -0.139. The third-order valence-electron chi connectivity index (χ3n) is 8.40. The maximum absolute atomic E-state index is 12.4. The number of furan rings is 1. The lowest BCUT2D eigenvalue weighted by Gasteiger charge is -2.21. The summed E-state index contributed by atoms with van der Waals surface area (Å²) in [6.45, 7) is 0.879. The lowest BCUT2D eigenvalue weighted by Crippen LogP contribution is -2.13. The minimum Gasteiger partial charge on any atom is -0.507 e. The molecule has 1 aliphatic rings. The highest BCUT2D eigenvalue weighted by Gasteiger charge is 2.25. The van der Waals surface area contributed by atoms with E-state index in [2.05, 4.69) is 0 Å². The molecule has 15 heteroatoms. The van der Waals surface area contributed by atoms with Crippen LogP contribution in [0, 0.1) is 6.92 Å². The van der Waals surface area contributed by atoms with Crippen molar-refractivity contribution >= 4 is 26.2 Å². The van der Waals surface area contributed by atoms with E-state index in [1.54, 1.807) is 43.3 Å². The van der Waals surface area contributed by atoms with Gasteiger partial charge in [-0.25, -0.2) is 4.79 Å². The molecular formula is C35H30O13S2. The fraction of sp³-hybridized carbons (Fsp3) is 0.171. The topological polar surface area (TPSA) is 229 Å². The average Bonchev–Trinajstić information content (AvgIpc) is 3.56. The van der Waals surface area contributed by atoms with Crippen molar-refractivity contribution in [1.29, 1.82) is 0 Å². The van der Waals surface area contributed by atoms with Crippen LogP contribution in [-0.2, 0) is 50.7 Å². The van der Waals surface area contributed by atoms with Crippen molar-refractivity contribution < 1.29 is 60.3 Å². The number of hydrogen-bond acceptors (Lipinski definition) is 10. The van der Waals surface area contributed by atoms with Crippen LogP contribution in [-0.4, -0.2) is 58.9 Å². The molecule has 0 fully saturated rings. The van der Waals surface area contributed by atoms with Crippen molar-refractivity contribution in [3.8, 4) is 34.3 Å². The fourth-order valence-electron chi connectivity index (χ4n) is 6.24. The monoisotopic (exact) mass is 722 g/mol. The van der Waals surface area contributed by atoms with Crippen LogP contribution >= 0.6 is 0 Å². The second kappa shape index (κ2) is 12.8. The van der Waals surface area contributed by atoms with Gasteiger partial charge in [0, 0.05) is 53.5 Å². The molecule has 0 aliphatic heterocycles. The fourth-order valence-corrected chi connectivity index (χ4v) is 7.40. The van der Waals surface area contributed by atoms with Gasteiger partial charge in [0.05, 0.1) is 16.1 Å². The summed E-state index contributed by atoms with van der Waals surface area (Å²) in [5.41, 5.74) is 2.00. The van der Waals surface area contributed by atoms with Crippen LogP contribution in [0.5, 0.6) is 23.0 Å². The van der Waals surface area contributed by atoms with Gasteiger partial charge in [0.15, 0.2) is 6.61 Å². The van der Waals surface area contributed by atoms with Crippen molar-refractivity contribution in [2.24, 2.45) is 0 Å². The number of phenols is 3. The average molecular weight is 723 g/mol. The van der Waals surface area contributed by atoms with Crippen LogP contribution in [0.4, 0.5) is 0 Å². The summed E-state index contributed by atoms with van der Waals surface area (Å²) in [5.74, 6) is -2.03. The molecule has 0 atom stereocenters. The smallest absolute Gasteiger partial charge is 0.341 e. The Morgan fingerprint density at radius 1 is 0.680 bits per heavy atom. The van der Waals surface area contributed by atoms with Gasteiger partial charge < -0.3 is 29.6 Å². The normalized spacial score (nSPS) is 13.2. The van der Waals surface area contributed by atoms with Crippen LogP contribution in [0.25, 0.3) is 11.3 Å². The summed E-state index contributed by atoms with van der Waals surface area (Å²) in [4.78, 5) is 10.6. The molecule has 0 amide bonds. The minimum absolute atomic E-state index is 0.00388. The second-order valence-electron chi connectivity index (χ2n) is 12.1. The molecule has 50 heavy (non-hydrogen) atoms. The summed E-state index contributed by atoms with van der Waals surface area (Å²) in [6, 6.07) is 13.8. The molecule has 0 unspecified atom stereocenters. The summed E-state index contributed by atoms with van der Waals surface area (Å²) in [6.07, 6.45) is 0.378. The van der Waals surface area contributed by atoms with Gasteiger partial charge in [0.25, 0.3) is 20.2 Å². The molecule has 6 rings (SSSR count). The van der Waals surface area contributed by atoms with Gasteiger partial charge >= 0.3 is 5.97 Å². The summed E-state index contributed by atoms with van der Waals surface area (Å²) < 4.78 is 81.2. The first-order valence-electron chi connectivity index (χ1n) is 15.0. The van der Waals surface area contributed by atoms with E-state index < -0.39 is 42.6 Å². The Morgan fingerprint density at radius 3 is 1.44 bits per heavy atom. The molecule has 0 saturated heterocycles. The molecule has 0 saturated carbocycles. The first-order valence-corrected chi connectivity index (χ1v) is 17.9. The number of benzene rings is 4. The largest absolute Gasteiger partial charge is 0.507 e. The number of aliphatic carboxylic acids is 1. The highest BCUT2D eigenvalue weighted by Crippen LogP contribution is 2.41. The van der Waals surface area contributed by atoms with Crippen molar-refractivity contribution in [2.75, 3.05) is 6.61 Å². The Labute approximate surface area is 286 Å². The third-order valence-corrected chi connectivity index (χ3v) is 10.1. The molecule has 13 nitrogen and oxygen atoms in total. The number of rotatable bonds is 6. The molecule has 260 valence electrons. The van der Waals surface area contributed by atoms with Gasteiger partial charge in [-0.3, -0.25) is 9.11 Å². The van der Waals surface area contributed by atoms with Crippen LogP contribution in [0.2, 0.25) is 0 Å². The standard InChI is InChI=1S/C35H30O13S2/c1-18-5-20-9-22-13-28(49(41,42)43)15-24(33(22)39)11-26-7-19(30-3-2-4-47-30)8-27(35(26)48-17-31(36)37)12-25-16-29(50(44,45)46)14-23(34(25)40)10-21(6-18)32(20)38/h2-8,13-16,38-40H,9-12,17H2,1H3,(H,36,37)(H,41,42,43)(H,44,45,46). The van der Waals surface area contributed by atoms with Crippen molar-refractivity contribution in [3.63, 3.8) is 0 Å². The number of aromatic hydroxyl groups is 3. The van der Waals surface area contributed by atoms with E-state index >= 15 is 0 Å². The highest BCUT2D eigenvalue weighted by molar-refractivity contribution is 7.86. The zero-order chi connectivity index (χ0) is 36.1. The number of phenolic OH excluding ortho intramolecular Hbond substituents is 3. The van der Waals surface area contributed by atoms with Crippen LogP contribution in [0.1, 0.15) is 50.1 Å². The number of carboxylic acid groups (broad SMARTS) is 1. The Hall–Kier alpha value is -5.35. The predicted octanol–water partition coefficient (Wildman–Crippen LogP) is 5.01. The van der Waals surface area contributed by atoms with E-state index in [0.29, 0.717) is 16.9 Å². The maximum Gasteiger partial charge on any atom is 0.341 e. The second-order valence-corrected chi connectivity index (χ2v) is 14.9. The molecule has 5 aromatic rings. The number of aryl methyl sites for hydroxylation is 1. The Bertz CT molecular complexity index is 2260. The number of carbonyl (C=O) groups is 1. The van der Waals surface area contributed by atoms with Crippen LogP contribution in [0.3, 0.4) is 0 Å². The van der Waals surface area contributed by atoms with Crippen molar-refractivity contribution in [2.45, 2.75) is 42.4 Å². The Kier molecular flexibility index (Phi) is 8.86. The van der Waals surface area contributed by atoms with E-state index in [1.807, 2.05) is 0 Å². The summed E-state index contributed by atoms with van der Waals surface area (Å²) >= 11 is 0. The maximum atomic E-state index is 12.4. The first kappa shape index (κ1) is 34.5. The van der Waals surface area contributed by atoms with Crippen molar-refractivity contribution in [1.82, 2.24) is 0 Å². The van der Waals surface area contributed by atoms with Gasteiger partial charge in [-0.2, -0.15) is 16.8 Å². The molecule has 1 heterocycles. The van der Waals surface area contributed by atoms with E-state index in [0.717, 1.165) is 24.3 Å². The molecule has 1 aliphatic carbocycles. The lowest BCUT2D eigenvalue weighted by atomic mass is 9.89. The van der Waals surface area contributed by atoms with Crippen molar-refractivity contribution in [3.05, 3.63) is 117 Å². The van der Waals surface area contributed by atoms with Gasteiger partial charge in [-0.1, -0.05) is 17.7 Å². The van der Waals surface area contributed by atoms with Gasteiger partial charge in [0.2, 0.25) is 0 Å². The molecular weight excluding hydrogens is 693 g/mol. The zero-order valence-electron chi connectivity index (χ0n) is 26.2. The van der Waals surface area contributed by atoms with E-state index in [4.69, 9.17) is 9.15 Å². The van der Waals surface area contributed by atoms with Gasteiger partial charge in [-0.05, 0) is 77.7 Å². The van der Waals surface area contributed by atoms with E-state index in [-0.39, 0.29) is 93.2 Å². The molecule has 0 radical (unpaired) electrons. The number of fused-ring (bicyclic) bond motifs is 8. The van der Waals surface area contributed by atoms with Gasteiger partial charge in [-0.15, -0.1) is 0 Å². The predicted molar refractivity (Wildman–Crippen MR) is 177 cm³/mol. The number of ether oxygens (including phenoxy) is 1. The number of hydrogen-bond donors (Lipinski definition) is 6.